The Kier molecular flexibility index (Phi) is 5.35. The Hall–Kier alpha value is -2.05. The first kappa shape index (κ1) is 15.0. The Morgan fingerprint density at radius 1 is 1.21 bits per heavy atom. The zero-order chi connectivity index (χ0) is 13.0. The molecule has 0 amide bonds. The predicted molar refractivity (Wildman–Crippen MR) is 79.2 cm³/mol. The van der Waals surface area contributed by atoms with Gasteiger partial charge in [-0.3, -0.25) is 0 Å². The standard InChI is InChI=1S/C11H11ClN6.ClH/c12-8-2-4-9(5-3-8)16-10(13)17-11(14)18-7-1-6-15-18;/h1-7H,(H4,13,14,16,17);1H. The topological polar surface area (TPSA) is 94.6 Å². The van der Waals surface area contributed by atoms with Crippen LogP contribution in [0.5, 0.6) is 0 Å². The lowest BCUT2D eigenvalue weighted by atomic mass is 10.3. The van der Waals surface area contributed by atoms with Crippen LogP contribution in [0, 0.1) is 0 Å². The number of aromatic nitrogens is 2. The molecule has 0 radical (unpaired) electrons. The highest BCUT2D eigenvalue weighted by atomic mass is 35.5. The van der Waals surface area contributed by atoms with Gasteiger partial charge in [-0.25, -0.2) is 9.67 Å². The van der Waals surface area contributed by atoms with Gasteiger partial charge < -0.3 is 11.5 Å². The second-order valence-corrected chi connectivity index (χ2v) is 3.80. The average molecular weight is 299 g/mol. The van der Waals surface area contributed by atoms with Crippen molar-refractivity contribution in [1.82, 2.24) is 9.78 Å². The Balaban J connectivity index is 0.00000180. The summed E-state index contributed by atoms with van der Waals surface area (Å²) in [5, 5.41) is 4.55. The van der Waals surface area contributed by atoms with E-state index >= 15 is 0 Å². The van der Waals surface area contributed by atoms with Crippen molar-refractivity contribution < 1.29 is 0 Å². The van der Waals surface area contributed by atoms with E-state index in [1.165, 1.54) is 4.68 Å². The van der Waals surface area contributed by atoms with Crippen LogP contribution in [0.3, 0.4) is 0 Å². The zero-order valence-corrected chi connectivity index (χ0v) is 11.3. The van der Waals surface area contributed by atoms with Gasteiger partial charge in [0.25, 0.3) is 0 Å². The quantitative estimate of drug-likeness (QED) is 0.620. The summed E-state index contributed by atoms with van der Waals surface area (Å²) in [5.74, 6) is 0.195. The molecule has 0 unspecified atom stereocenters. The molecule has 2 aromatic rings. The van der Waals surface area contributed by atoms with Crippen LogP contribution in [0.4, 0.5) is 5.69 Å². The smallest absolute Gasteiger partial charge is 0.224 e. The third kappa shape index (κ3) is 4.27. The normalized spacial score (nSPS) is 12.1. The Labute approximate surface area is 121 Å². The molecule has 1 aromatic carbocycles. The largest absolute Gasteiger partial charge is 0.368 e. The number of nitrogens with two attached hydrogens (primary N) is 2. The van der Waals surface area contributed by atoms with Crippen LogP contribution in [0.25, 0.3) is 0 Å². The number of halogens is 2. The first-order chi connectivity index (χ1) is 8.65. The maximum absolute atomic E-state index is 5.76. The monoisotopic (exact) mass is 298 g/mol. The van der Waals surface area contributed by atoms with Gasteiger partial charge in [0.1, 0.15) is 0 Å². The molecule has 0 spiro atoms. The fraction of sp³-hybridized carbons (Fsp3) is 0. The molecular formula is C11H12Cl2N6. The number of hydrogen-bond donors (Lipinski definition) is 2. The maximum Gasteiger partial charge on any atom is 0.224 e. The maximum atomic E-state index is 5.76. The summed E-state index contributed by atoms with van der Waals surface area (Å²) in [5.41, 5.74) is 12.0. The predicted octanol–water partition coefficient (Wildman–Crippen LogP) is 1.77. The third-order valence-corrected chi connectivity index (χ3v) is 2.29. The highest BCUT2D eigenvalue weighted by Crippen LogP contribution is 2.15. The minimum atomic E-state index is 0. The van der Waals surface area contributed by atoms with Crippen molar-refractivity contribution in [3.05, 3.63) is 47.7 Å². The summed E-state index contributed by atoms with van der Waals surface area (Å²) in [6, 6.07) is 8.63. The molecule has 19 heavy (non-hydrogen) atoms. The van der Waals surface area contributed by atoms with Crippen molar-refractivity contribution in [2.75, 3.05) is 0 Å². The van der Waals surface area contributed by atoms with Crippen LogP contribution in [0.15, 0.2) is 52.7 Å². The van der Waals surface area contributed by atoms with E-state index in [1.807, 2.05) is 0 Å². The molecular weight excluding hydrogens is 287 g/mol. The first-order valence-corrected chi connectivity index (χ1v) is 5.47. The number of guanidine groups is 1. The van der Waals surface area contributed by atoms with E-state index in [2.05, 4.69) is 15.1 Å². The Morgan fingerprint density at radius 3 is 2.47 bits per heavy atom. The highest BCUT2D eigenvalue weighted by Gasteiger charge is 1.98. The van der Waals surface area contributed by atoms with Crippen molar-refractivity contribution in [1.29, 1.82) is 0 Å². The molecule has 0 aliphatic rings. The molecule has 6 nitrogen and oxygen atoms in total. The van der Waals surface area contributed by atoms with Crippen LogP contribution in [0.2, 0.25) is 5.02 Å². The van der Waals surface area contributed by atoms with Crippen molar-refractivity contribution in [2.45, 2.75) is 0 Å². The minimum absolute atomic E-state index is 0. The lowest BCUT2D eigenvalue weighted by Crippen LogP contribution is -2.26. The number of aliphatic imine (C=N–C) groups is 2. The Morgan fingerprint density at radius 2 is 1.89 bits per heavy atom. The molecule has 1 aromatic heterocycles. The molecule has 0 atom stereocenters. The van der Waals surface area contributed by atoms with E-state index in [4.69, 9.17) is 23.1 Å². The van der Waals surface area contributed by atoms with Gasteiger partial charge in [-0.15, -0.1) is 12.4 Å². The van der Waals surface area contributed by atoms with Gasteiger partial charge >= 0.3 is 0 Å². The summed E-state index contributed by atoms with van der Waals surface area (Å²) in [6.45, 7) is 0. The summed E-state index contributed by atoms with van der Waals surface area (Å²) in [6.07, 6.45) is 3.25. The average Bonchev–Trinajstić information content (AvgIpc) is 2.85. The summed E-state index contributed by atoms with van der Waals surface area (Å²) in [7, 11) is 0. The lowest BCUT2D eigenvalue weighted by Gasteiger charge is -1.99. The molecule has 100 valence electrons. The molecule has 8 heteroatoms. The number of rotatable bonds is 1. The minimum Gasteiger partial charge on any atom is -0.368 e. The molecule has 0 fully saturated rings. The van der Waals surface area contributed by atoms with Crippen LogP contribution in [-0.4, -0.2) is 21.7 Å². The van der Waals surface area contributed by atoms with Crippen LogP contribution < -0.4 is 11.5 Å². The molecule has 0 saturated heterocycles. The van der Waals surface area contributed by atoms with E-state index in [0.29, 0.717) is 10.7 Å². The van der Waals surface area contributed by atoms with Crippen molar-refractivity contribution in [3.63, 3.8) is 0 Å². The van der Waals surface area contributed by atoms with Crippen molar-refractivity contribution in [2.24, 2.45) is 21.5 Å². The van der Waals surface area contributed by atoms with Crippen molar-refractivity contribution in [3.8, 4) is 0 Å². The lowest BCUT2D eigenvalue weighted by molar-refractivity contribution is 0.921. The van der Waals surface area contributed by atoms with E-state index in [-0.39, 0.29) is 24.3 Å². The van der Waals surface area contributed by atoms with Gasteiger partial charge in [0.05, 0.1) is 5.69 Å². The van der Waals surface area contributed by atoms with E-state index < -0.39 is 0 Å². The van der Waals surface area contributed by atoms with Gasteiger partial charge in [0, 0.05) is 17.4 Å². The van der Waals surface area contributed by atoms with Gasteiger partial charge in [-0.2, -0.15) is 10.1 Å². The summed E-state index contributed by atoms with van der Waals surface area (Å²) in [4.78, 5) is 8.00. The Bertz CT molecular complexity index is 574. The van der Waals surface area contributed by atoms with Gasteiger partial charge in [0.15, 0.2) is 0 Å². The second kappa shape index (κ2) is 6.77. The van der Waals surface area contributed by atoms with Gasteiger partial charge in [-0.1, -0.05) is 11.6 Å². The summed E-state index contributed by atoms with van der Waals surface area (Å²) >= 11 is 5.76. The number of nitrogens with zero attached hydrogens (tertiary/aromatic N) is 4. The van der Waals surface area contributed by atoms with E-state index in [9.17, 15) is 0 Å². The van der Waals surface area contributed by atoms with Crippen molar-refractivity contribution >= 4 is 41.6 Å². The first-order valence-electron chi connectivity index (χ1n) is 5.09. The van der Waals surface area contributed by atoms with E-state index in [1.54, 1.807) is 42.7 Å². The van der Waals surface area contributed by atoms with E-state index in [0.717, 1.165) is 0 Å². The zero-order valence-electron chi connectivity index (χ0n) is 9.77. The second-order valence-electron chi connectivity index (χ2n) is 3.37. The van der Waals surface area contributed by atoms with Crippen LogP contribution >= 0.6 is 24.0 Å². The third-order valence-electron chi connectivity index (χ3n) is 2.04. The molecule has 0 saturated carbocycles. The fourth-order valence-electron chi connectivity index (χ4n) is 1.25. The number of benzene rings is 1. The molecule has 4 N–H and O–H groups in total. The SMILES string of the molecule is Cl.NC(=Nc1ccc(Cl)cc1)N=C(N)n1cccn1. The van der Waals surface area contributed by atoms with Gasteiger partial charge in [0.2, 0.25) is 11.9 Å². The molecule has 2 rings (SSSR count). The molecule has 0 aliphatic carbocycles. The fourth-order valence-corrected chi connectivity index (χ4v) is 1.37. The highest BCUT2D eigenvalue weighted by molar-refractivity contribution is 6.30. The number of hydrogen-bond acceptors (Lipinski definition) is 2. The molecule has 0 aliphatic heterocycles. The van der Waals surface area contributed by atoms with Gasteiger partial charge in [-0.05, 0) is 30.3 Å². The van der Waals surface area contributed by atoms with Crippen LogP contribution in [-0.2, 0) is 0 Å². The molecule has 1 heterocycles. The summed E-state index contributed by atoms with van der Waals surface area (Å²) < 4.78 is 1.39. The van der Waals surface area contributed by atoms with Crippen LogP contribution in [0.1, 0.15) is 0 Å². The molecule has 0 bridgehead atoms.